The van der Waals surface area contributed by atoms with Crippen molar-refractivity contribution in [1.29, 1.82) is 0 Å². The van der Waals surface area contributed by atoms with Crippen molar-refractivity contribution >= 4 is 11.6 Å². The van der Waals surface area contributed by atoms with Gasteiger partial charge in [0.2, 0.25) is 5.91 Å². The van der Waals surface area contributed by atoms with E-state index >= 15 is 0 Å². The number of para-hydroxylation sites is 1. The summed E-state index contributed by atoms with van der Waals surface area (Å²) in [7, 11) is 0. The smallest absolute Gasteiger partial charge is 0.226 e. The quantitative estimate of drug-likeness (QED) is 0.865. The molecule has 2 N–H and O–H groups in total. The summed E-state index contributed by atoms with van der Waals surface area (Å²) in [5, 5.41) is 6.42. The van der Waals surface area contributed by atoms with Gasteiger partial charge >= 0.3 is 0 Å². The van der Waals surface area contributed by atoms with E-state index in [1.165, 1.54) is 0 Å². The second-order valence-electron chi connectivity index (χ2n) is 5.87. The highest BCUT2D eigenvalue weighted by atomic mass is 16.5. The summed E-state index contributed by atoms with van der Waals surface area (Å²) in [5.41, 5.74) is 1.08. The minimum atomic E-state index is 0.0629. The van der Waals surface area contributed by atoms with Crippen LogP contribution in [-0.2, 0) is 9.53 Å². The lowest BCUT2D eigenvalue weighted by atomic mass is 9.88. The zero-order chi connectivity index (χ0) is 13.9. The first-order valence-corrected chi connectivity index (χ1v) is 7.47. The van der Waals surface area contributed by atoms with Crippen LogP contribution in [0.5, 0.6) is 0 Å². The van der Waals surface area contributed by atoms with E-state index < -0.39 is 0 Å². The van der Waals surface area contributed by atoms with Crippen LogP contribution in [0, 0.1) is 5.92 Å². The first-order chi connectivity index (χ1) is 9.72. The number of carbonyl (C=O) groups is 1. The molecule has 4 heteroatoms. The Kier molecular flexibility index (Phi) is 3.92. The van der Waals surface area contributed by atoms with Crippen molar-refractivity contribution in [3.8, 4) is 0 Å². The number of anilines is 1. The Morgan fingerprint density at radius 1 is 1.35 bits per heavy atom. The number of rotatable bonds is 5. The van der Waals surface area contributed by atoms with Gasteiger partial charge < -0.3 is 15.4 Å². The molecule has 2 aliphatic heterocycles. The van der Waals surface area contributed by atoms with Crippen LogP contribution in [0.3, 0.4) is 0 Å². The SMILES string of the molecule is C[C@@H](CNc1ccccc1)NC(=O)[C@@H]1C[C@H]2CC[C@H]1O2. The fraction of sp³-hybridized carbons (Fsp3) is 0.562. The molecular weight excluding hydrogens is 252 g/mol. The first-order valence-electron chi connectivity index (χ1n) is 7.47. The van der Waals surface area contributed by atoms with Crippen molar-refractivity contribution < 1.29 is 9.53 Å². The minimum absolute atomic E-state index is 0.0629. The molecule has 0 unspecified atom stereocenters. The standard InChI is InChI=1S/C16H22N2O2/c1-11(10-17-12-5-3-2-4-6-12)18-16(19)14-9-13-7-8-15(14)20-13/h2-6,11,13-15,17H,7-10H2,1H3,(H,18,19)/t11-,13+,14+,15+/m0/s1. The van der Waals surface area contributed by atoms with Gasteiger partial charge in [-0.2, -0.15) is 0 Å². The molecule has 2 bridgehead atoms. The summed E-state index contributed by atoms with van der Waals surface area (Å²) in [6, 6.07) is 10.2. The first kappa shape index (κ1) is 13.4. The average Bonchev–Trinajstić information content (AvgIpc) is 3.09. The largest absolute Gasteiger partial charge is 0.383 e. The lowest BCUT2D eigenvalue weighted by molar-refractivity contribution is -0.127. The molecule has 0 spiro atoms. The van der Waals surface area contributed by atoms with E-state index in [4.69, 9.17) is 4.74 Å². The molecule has 1 amide bonds. The Hall–Kier alpha value is -1.55. The Bertz CT molecular complexity index is 463. The Morgan fingerprint density at radius 2 is 2.15 bits per heavy atom. The third-order valence-corrected chi connectivity index (χ3v) is 4.22. The fourth-order valence-electron chi connectivity index (χ4n) is 3.14. The number of amides is 1. The lowest BCUT2D eigenvalue weighted by Crippen LogP contribution is -2.43. The average molecular weight is 274 g/mol. The summed E-state index contributed by atoms with van der Waals surface area (Å²) in [6.45, 7) is 2.76. The van der Waals surface area contributed by atoms with Gasteiger partial charge in [0.15, 0.2) is 0 Å². The highest BCUT2D eigenvalue weighted by molar-refractivity contribution is 5.80. The second kappa shape index (κ2) is 5.83. The van der Waals surface area contributed by atoms with Crippen molar-refractivity contribution in [1.82, 2.24) is 5.32 Å². The van der Waals surface area contributed by atoms with Crippen LogP contribution in [0.25, 0.3) is 0 Å². The highest BCUT2D eigenvalue weighted by Crippen LogP contribution is 2.38. The van der Waals surface area contributed by atoms with Gasteiger partial charge in [-0.1, -0.05) is 18.2 Å². The van der Waals surface area contributed by atoms with E-state index in [9.17, 15) is 4.79 Å². The van der Waals surface area contributed by atoms with Crippen LogP contribution in [0.15, 0.2) is 30.3 Å². The Balaban J connectivity index is 1.44. The fourth-order valence-corrected chi connectivity index (χ4v) is 3.14. The van der Waals surface area contributed by atoms with Gasteiger partial charge in [-0.15, -0.1) is 0 Å². The molecule has 108 valence electrons. The van der Waals surface area contributed by atoms with Crippen LogP contribution in [0.2, 0.25) is 0 Å². The van der Waals surface area contributed by atoms with E-state index in [0.717, 1.165) is 31.5 Å². The molecule has 0 saturated carbocycles. The predicted octanol–water partition coefficient (Wildman–Crippen LogP) is 2.17. The molecule has 0 radical (unpaired) electrons. The summed E-state index contributed by atoms with van der Waals surface area (Å²) in [4.78, 5) is 12.2. The van der Waals surface area contributed by atoms with Crippen LogP contribution in [-0.4, -0.2) is 30.7 Å². The van der Waals surface area contributed by atoms with Crippen LogP contribution in [0.4, 0.5) is 5.69 Å². The van der Waals surface area contributed by atoms with Gasteiger partial charge in [0, 0.05) is 18.3 Å². The zero-order valence-corrected chi connectivity index (χ0v) is 11.8. The summed E-state index contributed by atoms with van der Waals surface area (Å²) >= 11 is 0. The van der Waals surface area contributed by atoms with E-state index in [0.29, 0.717) is 6.10 Å². The molecule has 1 aromatic carbocycles. The predicted molar refractivity (Wildman–Crippen MR) is 78.5 cm³/mol. The van der Waals surface area contributed by atoms with E-state index in [1.807, 2.05) is 37.3 Å². The molecule has 3 rings (SSSR count). The van der Waals surface area contributed by atoms with Crippen molar-refractivity contribution in [3.05, 3.63) is 30.3 Å². The van der Waals surface area contributed by atoms with Gasteiger partial charge in [-0.3, -0.25) is 4.79 Å². The van der Waals surface area contributed by atoms with Gasteiger partial charge in [0.05, 0.1) is 18.1 Å². The molecule has 2 heterocycles. The molecule has 2 saturated heterocycles. The number of ether oxygens (including phenoxy) is 1. The minimum Gasteiger partial charge on any atom is -0.383 e. The Labute approximate surface area is 119 Å². The number of carbonyl (C=O) groups excluding carboxylic acids is 1. The normalized spacial score (nSPS) is 29.1. The number of fused-ring (bicyclic) bond motifs is 2. The highest BCUT2D eigenvalue weighted by Gasteiger charge is 2.44. The summed E-state index contributed by atoms with van der Waals surface area (Å²) in [6.07, 6.45) is 3.55. The number of hydrogen-bond donors (Lipinski definition) is 2. The molecular formula is C16H22N2O2. The van der Waals surface area contributed by atoms with Crippen molar-refractivity contribution in [3.63, 3.8) is 0 Å². The van der Waals surface area contributed by atoms with Gasteiger partial charge in [0.25, 0.3) is 0 Å². The zero-order valence-electron chi connectivity index (χ0n) is 11.8. The van der Waals surface area contributed by atoms with Crippen molar-refractivity contribution in [2.75, 3.05) is 11.9 Å². The number of benzene rings is 1. The van der Waals surface area contributed by atoms with Crippen LogP contribution < -0.4 is 10.6 Å². The maximum absolute atomic E-state index is 12.2. The summed E-state index contributed by atoms with van der Waals surface area (Å²) < 4.78 is 5.74. The molecule has 2 fully saturated rings. The molecule has 2 aliphatic rings. The molecule has 0 aliphatic carbocycles. The van der Waals surface area contributed by atoms with Gasteiger partial charge in [-0.05, 0) is 38.3 Å². The summed E-state index contributed by atoms with van der Waals surface area (Å²) in [5.74, 6) is 0.215. The second-order valence-corrected chi connectivity index (χ2v) is 5.87. The molecule has 0 aromatic heterocycles. The van der Waals surface area contributed by atoms with Crippen LogP contribution in [0.1, 0.15) is 26.2 Å². The topological polar surface area (TPSA) is 50.4 Å². The van der Waals surface area contributed by atoms with Gasteiger partial charge in [0.1, 0.15) is 0 Å². The third-order valence-electron chi connectivity index (χ3n) is 4.22. The third kappa shape index (κ3) is 2.96. The monoisotopic (exact) mass is 274 g/mol. The van der Waals surface area contributed by atoms with E-state index in [2.05, 4.69) is 10.6 Å². The van der Waals surface area contributed by atoms with E-state index in [1.54, 1.807) is 0 Å². The maximum Gasteiger partial charge on any atom is 0.226 e. The van der Waals surface area contributed by atoms with Crippen molar-refractivity contribution in [2.24, 2.45) is 5.92 Å². The number of hydrogen-bond acceptors (Lipinski definition) is 3. The number of nitrogens with one attached hydrogen (secondary N) is 2. The molecule has 1 aromatic rings. The lowest BCUT2D eigenvalue weighted by Gasteiger charge is -2.21. The molecule has 4 atom stereocenters. The Morgan fingerprint density at radius 3 is 2.80 bits per heavy atom. The van der Waals surface area contributed by atoms with Crippen LogP contribution >= 0.6 is 0 Å². The molecule has 4 nitrogen and oxygen atoms in total. The van der Waals surface area contributed by atoms with Gasteiger partial charge in [-0.25, -0.2) is 0 Å². The van der Waals surface area contributed by atoms with Crippen molar-refractivity contribution in [2.45, 2.75) is 44.4 Å². The molecule has 20 heavy (non-hydrogen) atoms. The maximum atomic E-state index is 12.2. The van der Waals surface area contributed by atoms with E-state index in [-0.39, 0.29) is 24.0 Å².